The Morgan fingerprint density at radius 2 is 2.50 bits per heavy atom. The quantitative estimate of drug-likeness (QED) is 0.770. The molecule has 2 rings (SSSR count). The van der Waals surface area contributed by atoms with Crippen molar-refractivity contribution < 1.29 is 0 Å². The van der Waals surface area contributed by atoms with Gasteiger partial charge in [0, 0.05) is 25.2 Å². The normalized spacial score (nSPS) is 23.2. The summed E-state index contributed by atoms with van der Waals surface area (Å²) >= 11 is 0. The number of hydrogen-bond acceptors (Lipinski definition) is 2. The maximum Gasteiger partial charge on any atom is 0.109 e. The van der Waals surface area contributed by atoms with Gasteiger partial charge in [-0.05, 0) is 25.7 Å². The number of fused-ring (bicyclic) bond motifs is 1. The Labute approximate surface area is 85.3 Å². The Hall–Kier alpha value is -0.830. The lowest BCUT2D eigenvalue weighted by Gasteiger charge is -2.25. The van der Waals surface area contributed by atoms with E-state index in [1.165, 1.54) is 17.9 Å². The van der Waals surface area contributed by atoms with Gasteiger partial charge in [0.1, 0.15) is 5.82 Å². The molecule has 0 fully saturated rings. The van der Waals surface area contributed by atoms with Crippen LogP contribution in [0.25, 0.3) is 0 Å². The molecule has 0 amide bonds. The summed E-state index contributed by atoms with van der Waals surface area (Å²) in [5, 5.41) is 0. The first-order chi connectivity index (χ1) is 6.70. The minimum absolute atomic E-state index is 0.297. The minimum atomic E-state index is 0.297. The maximum atomic E-state index is 5.93. The Morgan fingerprint density at radius 3 is 3.14 bits per heavy atom. The average Bonchev–Trinajstić information content (AvgIpc) is 2.58. The third-order valence-electron chi connectivity index (χ3n) is 3.20. The molecular weight excluding hydrogens is 174 g/mol. The van der Waals surface area contributed by atoms with Gasteiger partial charge in [-0.2, -0.15) is 0 Å². The second kappa shape index (κ2) is 3.73. The summed E-state index contributed by atoms with van der Waals surface area (Å²) in [6, 6.07) is 0.297. The number of aryl methyl sites for hydroxylation is 2. The largest absolute Gasteiger partial charge is 0.335 e. The van der Waals surface area contributed by atoms with Crippen LogP contribution in [0.1, 0.15) is 31.8 Å². The van der Waals surface area contributed by atoms with Gasteiger partial charge in [0.2, 0.25) is 0 Å². The van der Waals surface area contributed by atoms with Crippen molar-refractivity contribution in [1.29, 1.82) is 0 Å². The highest BCUT2D eigenvalue weighted by molar-refractivity contribution is 5.07. The fourth-order valence-corrected chi connectivity index (χ4v) is 2.13. The van der Waals surface area contributed by atoms with Crippen molar-refractivity contribution in [2.45, 2.75) is 45.7 Å². The highest BCUT2D eigenvalue weighted by Gasteiger charge is 2.22. The zero-order valence-electron chi connectivity index (χ0n) is 9.03. The van der Waals surface area contributed by atoms with E-state index in [-0.39, 0.29) is 0 Å². The van der Waals surface area contributed by atoms with Crippen LogP contribution in [0.3, 0.4) is 0 Å². The molecule has 14 heavy (non-hydrogen) atoms. The molecule has 1 aliphatic rings. The van der Waals surface area contributed by atoms with Crippen LogP contribution in [0.5, 0.6) is 0 Å². The van der Waals surface area contributed by atoms with E-state index in [4.69, 9.17) is 5.73 Å². The summed E-state index contributed by atoms with van der Waals surface area (Å²) in [4.78, 5) is 4.61. The van der Waals surface area contributed by atoms with Crippen molar-refractivity contribution in [2.75, 3.05) is 0 Å². The predicted molar refractivity (Wildman–Crippen MR) is 57.1 cm³/mol. The van der Waals surface area contributed by atoms with E-state index in [1.807, 2.05) is 0 Å². The second-order valence-electron chi connectivity index (χ2n) is 4.31. The van der Waals surface area contributed by atoms with Crippen molar-refractivity contribution in [3.8, 4) is 0 Å². The van der Waals surface area contributed by atoms with Crippen LogP contribution < -0.4 is 5.73 Å². The summed E-state index contributed by atoms with van der Waals surface area (Å²) in [6.07, 6.45) is 5.47. The molecule has 1 aromatic heterocycles. The minimum Gasteiger partial charge on any atom is -0.335 e. The summed E-state index contributed by atoms with van der Waals surface area (Å²) in [7, 11) is 0. The number of imidazole rings is 1. The van der Waals surface area contributed by atoms with E-state index < -0.39 is 0 Å². The zero-order valence-corrected chi connectivity index (χ0v) is 9.03. The van der Waals surface area contributed by atoms with Crippen LogP contribution in [-0.2, 0) is 19.4 Å². The molecule has 3 nitrogen and oxygen atoms in total. The summed E-state index contributed by atoms with van der Waals surface area (Å²) in [6.45, 7) is 5.34. The molecule has 2 N–H and O–H groups in total. The van der Waals surface area contributed by atoms with E-state index >= 15 is 0 Å². The van der Waals surface area contributed by atoms with Crippen LogP contribution in [0.15, 0.2) is 6.20 Å². The average molecular weight is 193 g/mol. The Balaban J connectivity index is 2.17. The van der Waals surface area contributed by atoms with Crippen LogP contribution >= 0.6 is 0 Å². The number of nitrogens with zero attached hydrogens (tertiary/aromatic N) is 2. The van der Waals surface area contributed by atoms with E-state index in [2.05, 4.69) is 29.6 Å². The molecule has 1 aromatic rings. The van der Waals surface area contributed by atoms with Crippen LogP contribution in [0.2, 0.25) is 0 Å². The molecule has 0 aliphatic carbocycles. The number of rotatable bonds is 2. The Kier molecular flexibility index (Phi) is 2.59. The Morgan fingerprint density at radius 1 is 1.71 bits per heavy atom. The molecule has 78 valence electrons. The molecule has 3 heteroatoms. The van der Waals surface area contributed by atoms with Gasteiger partial charge in [-0.15, -0.1) is 0 Å². The van der Waals surface area contributed by atoms with Gasteiger partial charge < -0.3 is 10.3 Å². The molecular formula is C11H19N3. The molecule has 2 unspecified atom stereocenters. The molecule has 0 radical (unpaired) electrons. The summed E-state index contributed by atoms with van der Waals surface area (Å²) in [5.74, 6) is 1.85. The standard InChI is InChI=1S/C11H19N3/c1-3-10-7-14-5-4-9(8(2)12)6-11(14)13-10/h7-9H,3-6,12H2,1-2H3. The van der Waals surface area contributed by atoms with E-state index in [0.717, 1.165) is 19.4 Å². The van der Waals surface area contributed by atoms with E-state index in [1.54, 1.807) is 0 Å². The summed E-state index contributed by atoms with van der Waals surface area (Å²) in [5.41, 5.74) is 7.14. The van der Waals surface area contributed by atoms with Gasteiger partial charge in [0.15, 0.2) is 0 Å². The van der Waals surface area contributed by atoms with Crippen molar-refractivity contribution >= 4 is 0 Å². The molecule has 0 spiro atoms. The number of aromatic nitrogens is 2. The Bertz CT molecular complexity index is 314. The van der Waals surface area contributed by atoms with Crippen molar-refractivity contribution in [3.63, 3.8) is 0 Å². The fraction of sp³-hybridized carbons (Fsp3) is 0.727. The maximum absolute atomic E-state index is 5.93. The molecule has 0 saturated carbocycles. The monoisotopic (exact) mass is 193 g/mol. The smallest absolute Gasteiger partial charge is 0.109 e. The third kappa shape index (κ3) is 1.69. The van der Waals surface area contributed by atoms with Crippen LogP contribution in [0, 0.1) is 5.92 Å². The lowest BCUT2D eigenvalue weighted by molar-refractivity contribution is 0.337. The van der Waals surface area contributed by atoms with E-state index in [9.17, 15) is 0 Å². The lowest BCUT2D eigenvalue weighted by atomic mass is 9.92. The zero-order chi connectivity index (χ0) is 10.1. The summed E-state index contributed by atoms with van der Waals surface area (Å²) < 4.78 is 2.29. The van der Waals surface area contributed by atoms with Crippen molar-refractivity contribution in [2.24, 2.45) is 11.7 Å². The number of hydrogen-bond donors (Lipinski definition) is 1. The van der Waals surface area contributed by atoms with Crippen molar-refractivity contribution in [1.82, 2.24) is 9.55 Å². The topological polar surface area (TPSA) is 43.8 Å². The fourth-order valence-electron chi connectivity index (χ4n) is 2.13. The SMILES string of the molecule is CCc1cn2c(n1)CC(C(C)N)CC2. The molecule has 0 saturated heterocycles. The highest BCUT2D eigenvalue weighted by atomic mass is 15.1. The van der Waals surface area contributed by atoms with Crippen LogP contribution in [0.4, 0.5) is 0 Å². The van der Waals surface area contributed by atoms with Gasteiger partial charge in [-0.25, -0.2) is 4.98 Å². The van der Waals surface area contributed by atoms with E-state index in [0.29, 0.717) is 12.0 Å². The first-order valence-corrected chi connectivity index (χ1v) is 5.51. The van der Waals surface area contributed by atoms with Gasteiger partial charge >= 0.3 is 0 Å². The van der Waals surface area contributed by atoms with Gasteiger partial charge in [0.05, 0.1) is 5.69 Å². The molecule has 1 aliphatic heterocycles. The molecule has 2 heterocycles. The first-order valence-electron chi connectivity index (χ1n) is 5.51. The van der Waals surface area contributed by atoms with Gasteiger partial charge in [-0.3, -0.25) is 0 Å². The van der Waals surface area contributed by atoms with Crippen molar-refractivity contribution in [3.05, 3.63) is 17.7 Å². The predicted octanol–water partition coefficient (Wildman–Crippen LogP) is 1.36. The van der Waals surface area contributed by atoms with Crippen LogP contribution in [-0.4, -0.2) is 15.6 Å². The van der Waals surface area contributed by atoms with Gasteiger partial charge in [-0.1, -0.05) is 6.92 Å². The molecule has 2 atom stereocenters. The third-order valence-corrected chi connectivity index (χ3v) is 3.20. The van der Waals surface area contributed by atoms with Gasteiger partial charge in [0.25, 0.3) is 0 Å². The highest BCUT2D eigenvalue weighted by Crippen LogP contribution is 2.22. The molecule has 0 bridgehead atoms. The lowest BCUT2D eigenvalue weighted by Crippen LogP contribution is -2.33. The second-order valence-corrected chi connectivity index (χ2v) is 4.31. The molecule has 0 aromatic carbocycles. The first kappa shape index (κ1) is 9.71. The number of nitrogens with two attached hydrogens (primary N) is 1.